The minimum atomic E-state index is -0.506. The molecule has 2 aromatic carbocycles. The fourth-order valence-corrected chi connectivity index (χ4v) is 3.92. The molecule has 10 nitrogen and oxygen atoms in total. The fourth-order valence-electron chi connectivity index (χ4n) is 3.02. The topological polar surface area (TPSA) is 124 Å². The molecule has 0 unspecified atom stereocenters. The van der Waals surface area contributed by atoms with Crippen LogP contribution in [0.4, 0.5) is 11.4 Å². The van der Waals surface area contributed by atoms with Crippen molar-refractivity contribution in [2.24, 2.45) is 7.05 Å². The van der Waals surface area contributed by atoms with Crippen LogP contribution in [0.25, 0.3) is 0 Å². The van der Waals surface area contributed by atoms with Gasteiger partial charge in [0.1, 0.15) is 11.6 Å². The van der Waals surface area contributed by atoms with Crippen molar-refractivity contribution in [3.8, 4) is 5.75 Å². The Morgan fingerprint density at radius 3 is 2.58 bits per heavy atom. The van der Waals surface area contributed by atoms with Crippen LogP contribution in [0.3, 0.4) is 0 Å². The number of nitrogens with zero attached hydrogens (tertiary/aromatic N) is 3. The number of rotatable bonds is 10. The molecule has 0 atom stereocenters. The zero-order chi connectivity index (χ0) is 26.2. The van der Waals surface area contributed by atoms with E-state index in [0.29, 0.717) is 28.1 Å². The van der Waals surface area contributed by atoms with E-state index in [9.17, 15) is 14.4 Å². The molecular formula is C24H26ClN5O5S. The first-order chi connectivity index (χ1) is 17.2. The zero-order valence-corrected chi connectivity index (χ0v) is 21.8. The Hall–Kier alpha value is -3.57. The van der Waals surface area contributed by atoms with Crippen LogP contribution in [-0.2, 0) is 27.8 Å². The van der Waals surface area contributed by atoms with Gasteiger partial charge in [-0.15, -0.1) is 10.2 Å². The minimum absolute atomic E-state index is 0.00232. The summed E-state index contributed by atoms with van der Waals surface area (Å²) in [5.74, 6) is -0.0349. The van der Waals surface area contributed by atoms with E-state index in [-0.39, 0.29) is 40.7 Å². The van der Waals surface area contributed by atoms with Crippen LogP contribution < -0.4 is 15.4 Å². The van der Waals surface area contributed by atoms with Crippen LogP contribution in [0.5, 0.6) is 5.75 Å². The van der Waals surface area contributed by atoms with Gasteiger partial charge in [0.25, 0.3) is 0 Å². The maximum absolute atomic E-state index is 12.5. The van der Waals surface area contributed by atoms with E-state index >= 15 is 0 Å². The number of amides is 2. The Morgan fingerprint density at radius 2 is 1.86 bits per heavy atom. The molecule has 0 aliphatic carbocycles. The lowest BCUT2D eigenvalue weighted by Gasteiger charge is -2.11. The molecule has 0 radical (unpaired) electrons. The first-order valence-corrected chi connectivity index (χ1v) is 12.3. The molecule has 0 aliphatic rings. The molecule has 1 heterocycles. The largest absolute Gasteiger partial charge is 0.497 e. The Morgan fingerprint density at radius 1 is 1.08 bits per heavy atom. The smallest absolute Gasteiger partial charge is 0.338 e. The summed E-state index contributed by atoms with van der Waals surface area (Å²) in [4.78, 5) is 37.1. The molecule has 0 saturated carbocycles. The van der Waals surface area contributed by atoms with Gasteiger partial charge < -0.3 is 24.7 Å². The normalized spacial score (nSPS) is 10.7. The van der Waals surface area contributed by atoms with Crippen LogP contribution in [0.2, 0.25) is 5.02 Å². The molecule has 0 spiro atoms. The molecule has 2 N–H and O–H groups in total. The zero-order valence-electron chi connectivity index (χ0n) is 20.2. The molecule has 12 heteroatoms. The predicted molar refractivity (Wildman–Crippen MR) is 138 cm³/mol. The van der Waals surface area contributed by atoms with E-state index in [1.165, 1.54) is 18.2 Å². The molecule has 0 bridgehead atoms. The Kier molecular flexibility index (Phi) is 9.31. The molecule has 36 heavy (non-hydrogen) atoms. The lowest BCUT2D eigenvalue weighted by molar-refractivity contribution is -0.116. The average Bonchev–Trinajstić information content (AvgIpc) is 3.17. The molecule has 190 valence electrons. The molecule has 2 amide bonds. The first-order valence-electron chi connectivity index (χ1n) is 10.9. The maximum atomic E-state index is 12.5. The molecule has 1 aromatic heterocycles. The summed E-state index contributed by atoms with van der Waals surface area (Å²) < 4.78 is 12.0. The van der Waals surface area contributed by atoms with Gasteiger partial charge in [-0.1, -0.05) is 29.4 Å². The van der Waals surface area contributed by atoms with Gasteiger partial charge in [0.15, 0.2) is 5.16 Å². The Labute approximate surface area is 217 Å². The molecule has 0 saturated heterocycles. The van der Waals surface area contributed by atoms with Crippen LogP contribution in [0, 0.1) is 0 Å². The van der Waals surface area contributed by atoms with E-state index < -0.39 is 5.97 Å². The number of anilines is 2. The number of halogens is 1. The summed E-state index contributed by atoms with van der Waals surface area (Å²) in [5, 5.41) is 14.4. The average molecular weight is 532 g/mol. The van der Waals surface area contributed by atoms with Crippen molar-refractivity contribution in [3.63, 3.8) is 0 Å². The first kappa shape index (κ1) is 27.0. The van der Waals surface area contributed by atoms with E-state index in [1.807, 2.05) is 0 Å². The number of methoxy groups -OCH3 is 1. The monoisotopic (exact) mass is 531 g/mol. The van der Waals surface area contributed by atoms with Crippen molar-refractivity contribution in [1.82, 2.24) is 14.8 Å². The van der Waals surface area contributed by atoms with Crippen molar-refractivity contribution in [1.29, 1.82) is 0 Å². The van der Waals surface area contributed by atoms with Gasteiger partial charge in [0.05, 0.1) is 41.7 Å². The minimum Gasteiger partial charge on any atom is -0.497 e. The van der Waals surface area contributed by atoms with Gasteiger partial charge in [-0.25, -0.2) is 4.79 Å². The number of thioether (sulfide) groups is 1. The van der Waals surface area contributed by atoms with Crippen LogP contribution in [0.15, 0.2) is 47.6 Å². The SMILES string of the molecule is COc1cccc(NC(=O)Cc2nnc(SCC(=O)Nc3cc(C(=O)OC(C)C)ccc3Cl)n2C)c1. The Bertz CT molecular complexity index is 1260. The second-order valence-corrected chi connectivity index (χ2v) is 9.25. The molecular weight excluding hydrogens is 506 g/mol. The van der Waals surface area contributed by atoms with E-state index in [2.05, 4.69) is 20.8 Å². The number of aromatic nitrogens is 3. The number of benzene rings is 2. The molecule has 0 aliphatic heterocycles. The second kappa shape index (κ2) is 12.4. The molecule has 3 aromatic rings. The second-order valence-electron chi connectivity index (χ2n) is 7.90. The summed E-state index contributed by atoms with van der Waals surface area (Å²) in [6.45, 7) is 3.50. The highest BCUT2D eigenvalue weighted by Crippen LogP contribution is 2.25. The lowest BCUT2D eigenvalue weighted by atomic mass is 10.2. The fraction of sp³-hybridized carbons (Fsp3) is 0.292. The Balaban J connectivity index is 1.56. The highest BCUT2D eigenvalue weighted by atomic mass is 35.5. The van der Waals surface area contributed by atoms with Gasteiger partial charge >= 0.3 is 5.97 Å². The summed E-state index contributed by atoms with van der Waals surface area (Å²) in [6.07, 6.45) is -0.269. The third-order valence-electron chi connectivity index (χ3n) is 4.75. The van der Waals surface area contributed by atoms with Crippen molar-refractivity contribution in [2.45, 2.75) is 31.5 Å². The van der Waals surface area contributed by atoms with E-state index in [0.717, 1.165) is 11.8 Å². The summed E-state index contributed by atoms with van der Waals surface area (Å²) >= 11 is 7.33. The number of nitrogens with one attached hydrogen (secondary N) is 2. The number of carbonyl (C=O) groups is 3. The van der Waals surface area contributed by atoms with Crippen LogP contribution in [0.1, 0.15) is 30.0 Å². The summed E-state index contributed by atoms with van der Waals surface area (Å²) in [7, 11) is 3.27. The van der Waals surface area contributed by atoms with Crippen molar-refractivity contribution < 1.29 is 23.9 Å². The van der Waals surface area contributed by atoms with Crippen molar-refractivity contribution in [2.75, 3.05) is 23.5 Å². The van der Waals surface area contributed by atoms with Gasteiger partial charge in [0.2, 0.25) is 11.8 Å². The predicted octanol–water partition coefficient (Wildman–Crippen LogP) is 3.95. The maximum Gasteiger partial charge on any atom is 0.338 e. The highest BCUT2D eigenvalue weighted by molar-refractivity contribution is 7.99. The van der Waals surface area contributed by atoms with E-state index in [4.69, 9.17) is 21.1 Å². The van der Waals surface area contributed by atoms with E-state index in [1.54, 1.807) is 56.8 Å². The van der Waals surface area contributed by atoms with Crippen LogP contribution >= 0.6 is 23.4 Å². The summed E-state index contributed by atoms with van der Waals surface area (Å²) in [5.41, 5.74) is 1.18. The van der Waals surface area contributed by atoms with Gasteiger partial charge in [-0.3, -0.25) is 9.59 Å². The number of carbonyl (C=O) groups excluding carboxylic acids is 3. The van der Waals surface area contributed by atoms with Crippen molar-refractivity contribution >= 4 is 52.5 Å². The molecule has 0 fully saturated rings. The molecule has 3 rings (SSSR count). The van der Waals surface area contributed by atoms with Gasteiger partial charge in [-0.2, -0.15) is 0 Å². The third-order valence-corrected chi connectivity index (χ3v) is 6.10. The highest BCUT2D eigenvalue weighted by Gasteiger charge is 2.17. The summed E-state index contributed by atoms with van der Waals surface area (Å²) in [6, 6.07) is 11.5. The number of esters is 1. The van der Waals surface area contributed by atoms with Gasteiger partial charge in [-0.05, 0) is 44.2 Å². The van der Waals surface area contributed by atoms with Gasteiger partial charge in [0, 0.05) is 18.8 Å². The number of hydrogen-bond donors (Lipinski definition) is 2. The number of ether oxygens (including phenoxy) is 2. The third kappa shape index (κ3) is 7.46. The van der Waals surface area contributed by atoms with Crippen molar-refractivity contribution in [3.05, 3.63) is 58.9 Å². The quantitative estimate of drug-likeness (QED) is 0.297. The standard InChI is InChI=1S/C24H26ClN5O5S/c1-14(2)35-23(33)15-8-9-18(25)19(10-15)27-22(32)13-36-24-29-28-20(30(24)3)12-21(31)26-16-6-5-7-17(11-16)34-4/h5-11,14H,12-13H2,1-4H3,(H,26,31)(H,27,32). The van der Waals surface area contributed by atoms with Crippen LogP contribution in [-0.4, -0.2) is 51.5 Å². The lowest BCUT2D eigenvalue weighted by Crippen LogP contribution is -2.17. The number of hydrogen-bond acceptors (Lipinski definition) is 8.